The quantitative estimate of drug-likeness (QED) is 0.606. The van der Waals surface area contributed by atoms with E-state index in [-0.39, 0.29) is 17.3 Å². The second-order valence-electron chi connectivity index (χ2n) is 4.12. The van der Waals surface area contributed by atoms with Crippen LogP contribution in [-0.2, 0) is 0 Å². The van der Waals surface area contributed by atoms with Crippen LogP contribution in [-0.4, -0.2) is 30.6 Å². The summed E-state index contributed by atoms with van der Waals surface area (Å²) in [4.78, 5) is 7.86. The molecule has 0 saturated heterocycles. The molecule has 0 saturated carbocycles. The smallest absolute Gasteiger partial charge is 0.222 e. The van der Waals surface area contributed by atoms with Crippen molar-refractivity contribution in [2.24, 2.45) is 0 Å². The molecule has 1 aromatic carbocycles. The lowest BCUT2D eigenvalue weighted by atomic mass is 10.0. The summed E-state index contributed by atoms with van der Waals surface area (Å²) in [5.74, 6) is 0.551. The zero-order chi connectivity index (χ0) is 14.8. The van der Waals surface area contributed by atoms with Crippen molar-refractivity contribution in [3.05, 3.63) is 29.8 Å². The third-order valence-corrected chi connectivity index (χ3v) is 2.83. The van der Waals surface area contributed by atoms with Crippen LogP contribution >= 0.6 is 0 Å². The molecule has 0 spiro atoms. The van der Waals surface area contributed by atoms with Crippen LogP contribution in [0.15, 0.2) is 24.3 Å². The Hall–Kier alpha value is -3.54. The second kappa shape index (κ2) is 4.86. The van der Waals surface area contributed by atoms with Crippen LogP contribution in [0.4, 0.5) is 11.8 Å². The second-order valence-corrected chi connectivity index (χ2v) is 4.12. The summed E-state index contributed by atoms with van der Waals surface area (Å²) >= 11 is 0. The fourth-order valence-corrected chi connectivity index (χ4v) is 1.88. The van der Waals surface area contributed by atoms with E-state index in [1.54, 1.807) is 24.3 Å². The number of H-pyrrole nitrogens is 1. The van der Waals surface area contributed by atoms with Gasteiger partial charge in [0.2, 0.25) is 11.8 Å². The first kappa shape index (κ1) is 12.5. The molecular formula is C12H9N9. The first-order chi connectivity index (χ1) is 10.2. The van der Waals surface area contributed by atoms with Gasteiger partial charge < -0.3 is 11.5 Å². The van der Waals surface area contributed by atoms with Crippen molar-refractivity contribution in [1.29, 1.82) is 5.26 Å². The minimum absolute atomic E-state index is 0.0174. The van der Waals surface area contributed by atoms with E-state index in [1.165, 1.54) is 0 Å². The summed E-state index contributed by atoms with van der Waals surface area (Å²) < 4.78 is 0. The predicted molar refractivity (Wildman–Crippen MR) is 74.2 cm³/mol. The van der Waals surface area contributed by atoms with Crippen LogP contribution in [0.2, 0.25) is 0 Å². The molecule has 0 fully saturated rings. The SMILES string of the molecule is N#Cc1c(N)nc(N)nc1-c1ccc(-c2nn[nH]n2)cc1. The van der Waals surface area contributed by atoms with Crippen LogP contribution in [0, 0.1) is 11.3 Å². The standard InChI is InChI=1S/C12H9N9/c13-5-8-9(16-12(15)17-10(8)14)6-1-3-7(4-2-6)11-18-20-21-19-11/h1-4H,(H4,14,15,16,17)(H,18,19,20,21). The highest BCUT2D eigenvalue weighted by molar-refractivity contribution is 5.74. The summed E-state index contributed by atoms with van der Waals surface area (Å²) in [5.41, 5.74) is 13.3. The lowest BCUT2D eigenvalue weighted by molar-refractivity contribution is 0.881. The van der Waals surface area contributed by atoms with Crippen molar-refractivity contribution < 1.29 is 0 Å². The Morgan fingerprint density at radius 2 is 1.76 bits per heavy atom. The van der Waals surface area contributed by atoms with E-state index >= 15 is 0 Å². The number of nitrogens with one attached hydrogen (secondary N) is 1. The fraction of sp³-hybridized carbons (Fsp3) is 0. The summed E-state index contributed by atoms with van der Waals surface area (Å²) in [7, 11) is 0. The zero-order valence-electron chi connectivity index (χ0n) is 10.6. The molecular weight excluding hydrogens is 270 g/mol. The van der Waals surface area contributed by atoms with Gasteiger partial charge in [-0.2, -0.15) is 15.5 Å². The van der Waals surface area contributed by atoms with Crippen LogP contribution in [0.3, 0.4) is 0 Å². The molecule has 9 heteroatoms. The number of tetrazole rings is 1. The van der Waals surface area contributed by atoms with E-state index in [9.17, 15) is 5.26 Å². The lowest BCUT2D eigenvalue weighted by Gasteiger charge is -2.06. The van der Waals surface area contributed by atoms with Crippen LogP contribution in [0.1, 0.15) is 5.56 Å². The Balaban J connectivity index is 2.08. The predicted octanol–water partition coefficient (Wildman–Crippen LogP) is 0.360. The molecule has 0 amide bonds. The van der Waals surface area contributed by atoms with E-state index < -0.39 is 0 Å². The van der Waals surface area contributed by atoms with E-state index in [2.05, 4.69) is 30.6 Å². The molecule has 9 nitrogen and oxygen atoms in total. The molecule has 5 N–H and O–H groups in total. The number of aromatic amines is 1. The van der Waals surface area contributed by atoms with Crippen molar-refractivity contribution >= 4 is 11.8 Å². The normalized spacial score (nSPS) is 10.2. The Morgan fingerprint density at radius 1 is 1.05 bits per heavy atom. The average molecular weight is 279 g/mol. The molecule has 102 valence electrons. The molecule has 0 unspecified atom stereocenters. The first-order valence-electron chi connectivity index (χ1n) is 5.86. The largest absolute Gasteiger partial charge is 0.382 e. The van der Waals surface area contributed by atoms with Gasteiger partial charge in [-0.3, -0.25) is 0 Å². The van der Waals surface area contributed by atoms with Gasteiger partial charge in [-0.15, -0.1) is 10.2 Å². The highest BCUT2D eigenvalue weighted by atomic mass is 15.5. The highest BCUT2D eigenvalue weighted by Crippen LogP contribution is 2.26. The number of aromatic nitrogens is 6. The summed E-state index contributed by atoms with van der Waals surface area (Å²) in [6.07, 6.45) is 0. The van der Waals surface area contributed by atoms with Gasteiger partial charge in [0.05, 0.1) is 5.69 Å². The molecule has 0 radical (unpaired) electrons. The van der Waals surface area contributed by atoms with Gasteiger partial charge in [-0.05, 0) is 5.21 Å². The van der Waals surface area contributed by atoms with Gasteiger partial charge in [0.15, 0.2) is 0 Å². The van der Waals surface area contributed by atoms with Crippen molar-refractivity contribution in [2.45, 2.75) is 0 Å². The molecule has 2 aromatic heterocycles. The minimum atomic E-state index is 0.0174. The van der Waals surface area contributed by atoms with Gasteiger partial charge >= 0.3 is 0 Å². The number of hydrogen-bond acceptors (Lipinski definition) is 8. The van der Waals surface area contributed by atoms with E-state index in [0.717, 1.165) is 5.56 Å². The summed E-state index contributed by atoms with van der Waals surface area (Å²) in [5, 5.41) is 22.8. The molecule has 2 heterocycles. The number of nitrogens with zero attached hydrogens (tertiary/aromatic N) is 6. The Kier molecular flexibility index (Phi) is 2.89. The highest BCUT2D eigenvalue weighted by Gasteiger charge is 2.13. The van der Waals surface area contributed by atoms with E-state index in [1.807, 2.05) is 6.07 Å². The molecule has 0 aliphatic rings. The topological polar surface area (TPSA) is 156 Å². The summed E-state index contributed by atoms with van der Waals surface area (Å²) in [6, 6.07) is 9.10. The number of benzene rings is 1. The average Bonchev–Trinajstić information content (AvgIpc) is 3.01. The number of nitrogen functional groups attached to an aromatic ring is 2. The maximum atomic E-state index is 9.17. The molecule has 0 aliphatic heterocycles. The minimum Gasteiger partial charge on any atom is -0.382 e. The van der Waals surface area contributed by atoms with Crippen molar-refractivity contribution in [3.63, 3.8) is 0 Å². The monoisotopic (exact) mass is 279 g/mol. The Bertz CT molecular complexity index is 815. The maximum absolute atomic E-state index is 9.17. The fourth-order valence-electron chi connectivity index (χ4n) is 1.88. The third-order valence-electron chi connectivity index (χ3n) is 2.83. The molecule has 0 bridgehead atoms. The molecule has 3 aromatic rings. The van der Waals surface area contributed by atoms with Gasteiger partial charge in [-0.1, -0.05) is 24.3 Å². The number of hydrogen-bond donors (Lipinski definition) is 3. The Morgan fingerprint density at radius 3 is 2.38 bits per heavy atom. The number of nitrogens with two attached hydrogens (primary N) is 2. The van der Waals surface area contributed by atoms with Gasteiger partial charge in [0.1, 0.15) is 17.5 Å². The molecule has 0 aliphatic carbocycles. The molecule has 21 heavy (non-hydrogen) atoms. The van der Waals surface area contributed by atoms with Crippen molar-refractivity contribution in [3.8, 4) is 28.7 Å². The summed E-state index contributed by atoms with van der Waals surface area (Å²) in [6.45, 7) is 0. The van der Waals surface area contributed by atoms with E-state index in [4.69, 9.17) is 11.5 Å². The van der Waals surface area contributed by atoms with Crippen LogP contribution < -0.4 is 11.5 Å². The van der Waals surface area contributed by atoms with E-state index in [0.29, 0.717) is 17.1 Å². The molecule has 3 rings (SSSR count). The number of anilines is 2. The number of rotatable bonds is 2. The van der Waals surface area contributed by atoms with Crippen molar-refractivity contribution in [1.82, 2.24) is 30.6 Å². The molecule has 0 atom stereocenters. The zero-order valence-corrected chi connectivity index (χ0v) is 10.6. The first-order valence-corrected chi connectivity index (χ1v) is 5.86. The lowest BCUT2D eigenvalue weighted by Crippen LogP contribution is -2.04. The Labute approximate surface area is 118 Å². The van der Waals surface area contributed by atoms with Gasteiger partial charge in [0.25, 0.3) is 0 Å². The van der Waals surface area contributed by atoms with Crippen molar-refractivity contribution in [2.75, 3.05) is 11.5 Å². The maximum Gasteiger partial charge on any atom is 0.222 e. The van der Waals surface area contributed by atoms with Gasteiger partial charge in [0, 0.05) is 11.1 Å². The van der Waals surface area contributed by atoms with Crippen LogP contribution in [0.5, 0.6) is 0 Å². The number of nitriles is 1. The third kappa shape index (κ3) is 2.21. The van der Waals surface area contributed by atoms with Crippen LogP contribution in [0.25, 0.3) is 22.6 Å². The van der Waals surface area contributed by atoms with Gasteiger partial charge in [-0.25, -0.2) is 4.98 Å².